The van der Waals surface area contributed by atoms with Crippen molar-refractivity contribution in [2.75, 3.05) is 12.8 Å². The van der Waals surface area contributed by atoms with E-state index in [9.17, 15) is 4.79 Å². The molecule has 0 aliphatic carbocycles. The average molecular weight is 278 g/mol. The number of amides is 1. The molecule has 0 radical (unpaired) electrons. The number of aromatic nitrogens is 2. The second kappa shape index (κ2) is 5.44. The molecule has 0 saturated heterocycles. The van der Waals surface area contributed by atoms with Gasteiger partial charge in [-0.25, -0.2) is 4.98 Å². The van der Waals surface area contributed by atoms with Crippen LogP contribution in [0, 0.1) is 6.92 Å². The maximum atomic E-state index is 12.4. The Morgan fingerprint density at radius 1 is 1.58 bits per heavy atom. The van der Waals surface area contributed by atoms with E-state index in [1.165, 1.54) is 0 Å². The van der Waals surface area contributed by atoms with Crippen molar-refractivity contribution in [1.29, 1.82) is 0 Å². The molecule has 0 aliphatic heterocycles. The Kier molecular flexibility index (Phi) is 3.90. The summed E-state index contributed by atoms with van der Waals surface area (Å²) in [6.07, 6.45) is 3.61. The second-order valence-corrected chi connectivity index (χ2v) is 5.77. The number of nitrogens with two attached hydrogens (primary N) is 1. The summed E-state index contributed by atoms with van der Waals surface area (Å²) in [7, 11) is 1.79. The molecule has 5 nitrogen and oxygen atoms in total. The molecule has 0 spiro atoms. The zero-order chi connectivity index (χ0) is 14.0. The summed E-state index contributed by atoms with van der Waals surface area (Å²) < 4.78 is 1.87. The van der Waals surface area contributed by atoms with E-state index in [0.29, 0.717) is 17.9 Å². The molecule has 102 valence electrons. The van der Waals surface area contributed by atoms with E-state index in [1.54, 1.807) is 35.5 Å². The Morgan fingerprint density at radius 2 is 2.32 bits per heavy atom. The summed E-state index contributed by atoms with van der Waals surface area (Å²) in [6, 6.07) is 1.72. The first kappa shape index (κ1) is 13.6. The lowest BCUT2D eigenvalue weighted by Gasteiger charge is -2.16. The van der Waals surface area contributed by atoms with Crippen LogP contribution in [-0.2, 0) is 13.1 Å². The van der Waals surface area contributed by atoms with Gasteiger partial charge >= 0.3 is 0 Å². The van der Waals surface area contributed by atoms with Crippen molar-refractivity contribution in [2.45, 2.75) is 26.9 Å². The Balaban J connectivity index is 2.14. The smallest absolute Gasteiger partial charge is 0.270 e. The van der Waals surface area contributed by atoms with Crippen LogP contribution >= 0.6 is 11.3 Å². The normalized spacial score (nSPS) is 10.7. The van der Waals surface area contributed by atoms with Crippen LogP contribution in [0.1, 0.15) is 27.3 Å². The first-order valence-corrected chi connectivity index (χ1v) is 6.95. The maximum absolute atomic E-state index is 12.4. The van der Waals surface area contributed by atoms with Crippen LogP contribution in [0.5, 0.6) is 0 Å². The number of anilines is 1. The van der Waals surface area contributed by atoms with Gasteiger partial charge in [0.05, 0.1) is 17.2 Å². The van der Waals surface area contributed by atoms with Gasteiger partial charge in [0.2, 0.25) is 0 Å². The molecule has 0 aliphatic rings. The van der Waals surface area contributed by atoms with Crippen LogP contribution in [0.2, 0.25) is 0 Å². The molecule has 0 aromatic carbocycles. The fourth-order valence-corrected chi connectivity index (χ4v) is 2.80. The van der Waals surface area contributed by atoms with Crippen molar-refractivity contribution in [2.24, 2.45) is 0 Å². The minimum Gasteiger partial charge on any atom is -0.397 e. The summed E-state index contributed by atoms with van der Waals surface area (Å²) in [5, 5.41) is 1.01. The topological polar surface area (TPSA) is 64.2 Å². The highest BCUT2D eigenvalue weighted by Gasteiger charge is 2.17. The summed E-state index contributed by atoms with van der Waals surface area (Å²) in [4.78, 5) is 19.3. The minimum atomic E-state index is -0.0235. The van der Waals surface area contributed by atoms with Crippen LogP contribution in [0.3, 0.4) is 0 Å². The standard InChI is InChI=1S/C13H18N4OS/c1-4-17-7-10(14)5-12(17)13(18)16(3)8-11-6-15-9(2)19-11/h5-7H,4,8,14H2,1-3H3. The fourth-order valence-electron chi connectivity index (χ4n) is 1.95. The number of carbonyl (C=O) groups is 1. The van der Waals surface area contributed by atoms with Crippen molar-refractivity contribution < 1.29 is 4.79 Å². The Morgan fingerprint density at radius 3 is 2.89 bits per heavy atom. The molecular formula is C13H18N4OS. The monoisotopic (exact) mass is 278 g/mol. The largest absolute Gasteiger partial charge is 0.397 e. The molecule has 2 rings (SSSR count). The lowest BCUT2D eigenvalue weighted by molar-refractivity contribution is 0.0776. The van der Waals surface area contributed by atoms with Gasteiger partial charge in [0.1, 0.15) is 5.69 Å². The number of carbonyl (C=O) groups excluding carboxylic acids is 1. The van der Waals surface area contributed by atoms with Crippen molar-refractivity contribution >= 4 is 22.9 Å². The predicted octanol–water partition coefficient (Wildman–Crippen LogP) is 2.13. The molecule has 2 aromatic rings. The molecule has 19 heavy (non-hydrogen) atoms. The highest BCUT2D eigenvalue weighted by atomic mass is 32.1. The number of nitrogen functional groups attached to an aromatic ring is 1. The summed E-state index contributed by atoms with van der Waals surface area (Å²) in [5.41, 5.74) is 7.00. The van der Waals surface area contributed by atoms with E-state index >= 15 is 0 Å². The molecule has 0 saturated carbocycles. The van der Waals surface area contributed by atoms with E-state index in [4.69, 9.17) is 5.73 Å². The van der Waals surface area contributed by atoms with Crippen LogP contribution in [0.25, 0.3) is 0 Å². The lowest BCUT2D eigenvalue weighted by atomic mass is 10.3. The lowest BCUT2D eigenvalue weighted by Crippen LogP contribution is -2.27. The molecule has 0 atom stereocenters. The molecule has 2 heterocycles. The molecule has 1 amide bonds. The zero-order valence-electron chi connectivity index (χ0n) is 11.4. The molecule has 0 unspecified atom stereocenters. The van der Waals surface area contributed by atoms with Crippen LogP contribution in [0.4, 0.5) is 5.69 Å². The number of hydrogen-bond acceptors (Lipinski definition) is 4. The molecule has 0 fully saturated rings. The van der Waals surface area contributed by atoms with Crippen molar-refractivity contribution in [3.8, 4) is 0 Å². The number of nitrogens with zero attached hydrogens (tertiary/aromatic N) is 3. The Bertz CT molecular complexity index is 587. The summed E-state index contributed by atoms with van der Waals surface area (Å²) in [6.45, 7) is 5.24. The van der Waals surface area contributed by atoms with Gasteiger partial charge in [-0.05, 0) is 19.9 Å². The third-order valence-corrected chi connectivity index (χ3v) is 3.78. The van der Waals surface area contributed by atoms with Crippen molar-refractivity contribution in [1.82, 2.24) is 14.5 Å². The zero-order valence-corrected chi connectivity index (χ0v) is 12.2. The molecule has 2 N–H and O–H groups in total. The van der Waals surface area contributed by atoms with E-state index in [0.717, 1.165) is 16.4 Å². The van der Waals surface area contributed by atoms with Gasteiger partial charge in [0.15, 0.2) is 0 Å². The van der Waals surface area contributed by atoms with Gasteiger partial charge < -0.3 is 15.2 Å². The third kappa shape index (κ3) is 2.96. The Hall–Kier alpha value is -1.82. The van der Waals surface area contributed by atoms with E-state index in [-0.39, 0.29) is 5.91 Å². The van der Waals surface area contributed by atoms with E-state index in [2.05, 4.69) is 4.98 Å². The summed E-state index contributed by atoms with van der Waals surface area (Å²) in [5.74, 6) is -0.0235. The molecule has 2 aromatic heterocycles. The quantitative estimate of drug-likeness (QED) is 0.931. The minimum absolute atomic E-state index is 0.0235. The molecule has 0 bridgehead atoms. The summed E-state index contributed by atoms with van der Waals surface area (Å²) >= 11 is 1.61. The Labute approximate surface area is 116 Å². The van der Waals surface area contributed by atoms with Crippen LogP contribution in [0.15, 0.2) is 18.5 Å². The number of aryl methyl sites for hydroxylation is 2. The average Bonchev–Trinajstić information content (AvgIpc) is 2.94. The molecular weight excluding hydrogens is 260 g/mol. The number of thiazole rings is 1. The van der Waals surface area contributed by atoms with E-state index < -0.39 is 0 Å². The van der Waals surface area contributed by atoms with Gasteiger partial charge in [-0.2, -0.15) is 0 Å². The van der Waals surface area contributed by atoms with Gasteiger partial charge in [0, 0.05) is 30.9 Å². The highest BCUT2D eigenvalue weighted by molar-refractivity contribution is 7.11. The van der Waals surface area contributed by atoms with Gasteiger partial charge in [0.25, 0.3) is 5.91 Å². The van der Waals surface area contributed by atoms with Crippen molar-refractivity contribution in [3.63, 3.8) is 0 Å². The highest BCUT2D eigenvalue weighted by Crippen LogP contribution is 2.17. The maximum Gasteiger partial charge on any atom is 0.270 e. The predicted molar refractivity (Wildman–Crippen MR) is 77.2 cm³/mol. The van der Waals surface area contributed by atoms with Crippen LogP contribution in [-0.4, -0.2) is 27.4 Å². The number of hydrogen-bond donors (Lipinski definition) is 1. The van der Waals surface area contributed by atoms with Gasteiger partial charge in [-0.3, -0.25) is 4.79 Å². The van der Waals surface area contributed by atoms with Gasteiger partial charge in [-0.1, -0.05) is 0 Å². The number of rotatable bonds is 4. The van der Waals surface area contributed by atoms with E-state index in [1.807, 2.05) is 24.6 Å². The molecule has 6 heteroatoms. The fraction of sp³-hybridized carbons (Fsp3) is 0.385. The third-order valence-electron chi connectivity index (χ3n) is 2.89. The van der Waals surface area contributed by atoms with Gasteiger partial charge in [-0.15, -0.1) is 11.3 Å². The SMILES string of the molecule is CCn1cc(N)cc1C(=O)N(C)Cc1cnc(C)s1. The first-order valence-electron chi connectivity index (χ1n) is 6.13. The second-order valence-electron chi connectivity index (χ2n) is 4.45. The van der Waals surface area contributed by atoms with Crippen molar-refractivity contribution in [3.05, 3.63) is 34.0 Å². The first-order chi connectivity index (χ1) is 9.01. The van der Waals surface area contributed by atoms with Crippen LogP contribution < -0.4 is 5.73 Å².